The first-order valence-corrected chi connectivity index (χ1v) is 7.80. The van der Waals surface area contributed by atoms with E-state index in [0.717, 1.165) is 5.56 Å². The minimum absolute atomic E-state index is 0.291. The molecule has 2 aromatic carbocycles. The van der Waals surface area contributed by atoms with Crippen molar-refractivity contribution in [3.63, 3.8) is 0 Å². The van der Waals surface area contributed by atoms with Crippen LogP contribution in [0.1, 0.15) is 11.1 Å². The Morgan fingerprint density at radius 2 is 1.65 bits per heavy atom. The fourth-order valence-corrected chi connectivity index (χ4v) is 2.26. The highest BCUT2D eigenvalue weighted by Gasteiger charge is 2.06. The Labute approximate surface area is 118 Å². The van der Waals surface area contributed by atoms with Crippen molar-refractivity contribution in [2.75, 3.05) is 6.26 Å². The maximum atomic E-state index is 11.3. The number of rotatable bonds is 4. The van der Waals surface area contributed by atoms with Gasteiger partial charge in [0.2, 0.25) is 0 Å². The van der Waals surface area contributed by atoms with Crippen LogP contribution < -0.4 is 4.74 Å². The van der Waals surface area contributed by atoms with Gasteiger partial charge < -0.3 is 4.74 Å². The molecule has 5 heteroatoms. The summed E-state index contributed by atoms with van der Waals surface area (Å²) in [5.74, 6) is 0.663. The number of hydrogen-bond acceptors (Lipinski definition) is 4. The molecule has 0 radical (unpaired) electrons. The van der Waals surface area contributed by atoms with Crippen LogP contribution in [-0.4, -0.2) is 14.7 Å². The summed E-state index contributed by atoms with van der Waals surface area (Å²) in [5, 5.41) is 8.69. The number of sulfone groups is 1. The van der Waals surface area contributed by atoms with Gasteiger partial charge in [-0.1, -0.05) is 12.1 Å². The quantitative estimate of drug-likeness (QED) is 0.866. The van der Waals surface area contributed by atoms with Gasteiger partial charge in [0.05, 0.1) is 16.5 Å². The first-order valence-electron chi connectivity index (χ1n) is 5.91. The van der Waals surface area contributed by atoms with E-state index in [9.17, 15) is 8.42 Å². The Bertz CT molecular complexity index is 726. The van der Waals surface area contributed by atoms with E-state index in [2.05, 4.69) is 0 Å². The molecule has 0 unspecified atom stereocenters. The topological polar surface area (TPSA) is 67.2 Å². The molecule has 0 bridgehead atoms. The van der Waals surface area contributed by atoms with Crippen molar-refractivity contribution in [2.24, 2.45) is 0 Å². The molecular weight excluding hydrogens is 274 g/mol. The third-order valence-electron chi connectivity index (χ3n) is 2.74. The zero-order chi connectivity index (χ0) is 14.6. The summed E-state index contributed by atoms with van der Waals surface area (Å²) in [5.41, 5.74) is 1.46. The molecule has 0 spiro atoms. The molecule has 0 atom stereocenters. The van der Waals surface area contributed by atoms with Crippen molar-refractivity contribution in [1.82, 2.24) is 0 Å². The molecule has 2 aromatic rings. The Morgan fingerprint density at radius 3 is 2.15 bits per heavy atom. The van der Waals surface area contributed by atoms with E-state index in [0.29, 0.717) is 22.8 Å². The zero-order valence-electron chi connectivity index (χ0n) is 10.9. The lowest BCUT2D eigenvalue weighted by atomic mass is 10.2. The first kappa shape index (κ1) is 14.1. The molecule has 0 saturated carbocycles. The summed E-state index contributed by atoms with van der Waals surface area (Å²) in [6, 6.07) is 15.4. The summed E-state index contributed by atoms with van der Waals surface area (Å²) in [4.78, 5) is 0.291. The predicted octanol–water partition coefficient (Wildman–Crippen LogP) is 2.54. The lowest BCUT2D eigenvalue weighted by molar-refractivity contribution is 0.306. The Kier molecular flexibility index (Phi) is 4.06. The summed E-state index contributed by atoms with van der Waals surface area (Å²) >= 11 is 0. The van der Waals surface area contributed by atoms with Crippen LogP contribution in [0, 0.1) is 11.3 Å². The zero-order valence-corrected chi connectivity index (χ0v) is 11.7. The molecule has 4 nitrogen and oxygen atoms in total. The Morgan fingerprint density at radius 1 is 1.05 bits per heavy atom. The van der Waals surface area contributed by atoms with Crippen LogP contribution in [0.5, 0.6) is 5.75 Å². The van der Waals surface area contributed by atoms with Gasteiger partial charge in [0.25, 0.3) is 0 Å². The van der Waals surface area contributed by atoms with Crippen LogP contribution >= 0.6 is 0 Å². The van der Waals surface area contributed by atoms with Crippen LogP contribution in [0.25, 0.3) is 0 Å². The standard InChI is InChI=1S/C15H13NO3S/c1-20(17,18)15-8-4-13(5-9-15)11-19-14-6-2-12(10-16)3-7-14/h2-9H,11H2,1H3. The molecule has 0 saturated heterocycles. The molecule has 0 aromatic heterocycles. The molecule has 0 aliphatic heterocycles. The minimum atomic E-state index is -3.17. The average molecular weight is 287 g/mol. The second-order valence-corrected chi connectivity index (χ2v) is 6.36. The van der Waals surface area contributed by atoms with Crippen LogP contribution in [0.2, 0.25) is 0 Å². The fraction of sp³-hybridized carbons (Fsp3) is 0.133. The summed E-state index contributed by atoms with van der Waals surface area (Å²) in [6.45, 7) is 0.343. The monoisotopic (exact) mass is 287 g/mol. The normalized spacial score (nSPS) is 10.8. The van der Waals surface area contributed by atoms with Gasteiger partial charge in [-0.05, 0) is 42.0 Å². The molecule has 0 aliphatic rings. The van der Waals surface area contributed by atoms with Crippen LogP contribution in [0.4, 0.5) is 0 Å². The summed E-state index contributed by atoms with van der Waals surface area (Å²) < 4.78 is 28.2. The lowest BCUT2D eigenvalue weighted by Crippen LogP contribution is -1.99. The van der Waals surface area contributed by atoms with Crippen molar-refractivity contribution in [2.45, 2.75) is 11.5 Å². The second kappa shape index (κ2) is 5.76. The van der Waals surface area contributed by atoms with Gasteiger partial charge in [0, 0.05) is 6.26 Å². The SMILES string of the molecule is CS(=O)(=O)c1ccc(COc2ccc(C#N)cc2)cc1. The highest BCUT2D eigenvalue weighted by molar-refractivity contribution is 7.90. The van der Waals surface area contributed by atoms with Gasteiger partial charge in [-0.2, -0.15) is 5.26 Å². The minimum Gasteiger partial charge on any atom is -0.489 e. The lowest BCUT2D eigenvalue weighted by Gasteiger charge is -2.07. The Balaban J connectivity index is 2.02. The molecule has 20 heavy (non-hydrogen) atoms. The first-order chi connectivity index (χ1) is 9.49. The van der Waals surface area contributed by atoms with Gasteiger partial charge in [-0.15, -0.1) is 0 Å². The van der Waals surface area contributed by atoms with Crippen LogP contribution in [0.15, 0.2) is 53.4 Å². The third kappa shape index (κ3) is 3.59. The predicted molar refractivity (Wildman–Crippen MR) is 75.0 cm³/mol. The van der Waals surface area contributed by atoms with E-state index < -0.39 is 9.84 Å². The van der Waals surface area contributed by atoms with Gasteiger partial charge in [-0.3, -0.25) is 0 Å². The number of ether oxygens (including phenoxy) is 1. The average Bonchev–Trinajstić information content (AvgIpc) is 2.45. The second-order valence-electron chi connectivity index (χ2n) is 4.34. The molecular formula is C15H13NO3S. The van der Waals surface area contributed by atoms with Gasteiger partial charge in [0.15, 0.2) is 9.84 Å². The molecule has 2 rings (SSSR count). The van der Waals surface area contributed by atoms with E-state index in [1.165, 1.54) is 6.26 Å². The summed E-state index contributed by atoms with van der Waals surface area (Å²) in [6.07, 6.45) is 1.18. The van der Waals surface area contributed by atoms with Gasteiger partial charge >= 0.3 is 0 Å². The van der Waals surface area contributed by atoms with E-state index in [1.807, 2.05) is 6.07 Å². The van der Waals surface area contributed by atoms with Crippen molar-refractivity contribution in [3.8, 4) is 11.8 Å². The summed E-state index contributed by atoms with van der Waals surface area (Å²) in [7, 11) is -3.17. The molecule has 102 valence electrons. The van der Waals surface area contributed by atoms with Gasteiger partial charge in [-0.25, -0.2) is 8.42 Å². The van der Waals surface area contributed by atoms with E-state index in [4.69, 9.17) is 10.00 Å². The largest absolute Gasteiger partial charge is 0.489 e. The molecule has 0 fully saturated rings. The molecule has 0 aliphatic carbocycles. The van der Waals surface area contributed by atoms with Crippen molar-refractivity contribution < 1.29 is 13.2 Å². The highest BCUT2D eigenvalue weighted by atomic mass is 32.2. The Hall–Kier alpha value is -2.32. The molecule has 0 amide bonds. The van der Waals surface area contributed by atoms with E-state index >= 15 is 0 Å². The third-order valence-corrected chi connectivity index (χ3v) is 3.87. The van der Waals surface area contributed by atoms with Crippen LogP contribution in [0.3, 0.4) is 0 Å². The number of benzene rings is 2. The molecule has 0 N–H and O–H groups in total. The number of nitriles is 1. The van der Waals surface area contributed by atoms with E-state index in [-0.39, 0.29) is 0 Å². The smallest absolute Gasteiger partial charge is 0.175 e. The number of hydrogen-bond donors (Lipinski definition) is 0. The van der Waals surface area contributed by atoms with Crippen molar-refractivity contribution in [1.29, 1.82) is 5.26 Å². The highest BCUT2D eigenvalue weighted by Crippen LogP contribution is 2.15. The molecule has 0 heterocycles. The maximum Gasteiger partial charge on any atom is 0.175 e. The van der Waals surface area contributed by atoms with Crippen molar-refractivity contribution >= 4 is 9.84 Å². The van der Waals surface area contributed by atoms with Crippen LogP contribution in [-0.2, 0) is 16.4 Å². The fourth-order valence-electron chi connectivity index (χ4n) is 1.63. The van der Waals surface area contributed by atoms with Gasteiger partial charge in [0.1, 0.15) is 12.4 Å². The van der Waals surface area contributed by atoms with E-state index in [1.54, 1.807) is 48.5 Å². The maximum absolute atomic E-state index is 11.3. The van der Waals surface area contributed by atoms with Crippen molar-refractivity contribution in [3.05, 3.63) is 59.7 Å². The number of nitrogens with zero attached hydrogens (tertiary/aromatic N) is 1.